The lowest BCUT2D eigenvalue weighted by Gasteiger charge is -2.12. The Labute approximate surface area is 81.9 Å². The van der Waals surface area contributed by atoms with E-state index in [1.807, 2.05) is 0 Å². The lowest BCUT2D eigenvalue weighted by atomic mass is 10.1. The summed E-state index contributed by atoms with van der Waals surface area (Å²) in [6.07, 6.45) is -7.61. The molecule has 15 heavy (non-hydrogen) atoms. The normalized spacial score (nSPS) is 12.2. The zero-order valence-corrected chi connectivity index (χ0v) is 7.57. The Balaban J connectivity index is 3.32. The minimum absolute atomic E-state index is 0.230. The zero-order valence-electron chi connectivity index (χ0n) is 7.57. The van der Waals surface area contributed by atoms with Crippen LogP contribution in [0.1, 0.15) is 23.2 Å². The third-order valence-electron chi connectivity index (χ3n) is 1.79. The Morgan fingerprint density at radius 1 is 1.33 bits per heavy atom. The molecule has 84 valence electrons. The van der Waals surface area contributed by atoms with Crippen LogP contribution in [-0.2, 0) is 6.18 Å². The molecule has 0 spiro atoms. The van der Waals surface area contributed by atoms with Gasteiger partial charge in [0.15, 0.2) is 0 Å². The Morgan fingerprint density at radius 3 is 2.27 bits per heavy atom. The molecule has 0 aromatic carbocycles. The SMILES string of the molecule is Cc1cc(C(F)(F)F)c(N)nc1C(F)F. The number of alkyl halides is 5. The second-order valence-electron chi connectivity index (χ2n) is 2.92. The molecule has 0 radical (unpaired) electrons. The Morgan fingerprint density at radius 2 is 1.87 bits per heavy atom. The molecule has 0 unspecified atom stereocenters. The van der Waals surface area contributed by atoms with Crippen molar-refractivity contribution in [3.05, 3.63) is 22.9 Å². The summed E-state index contributed by atoms with van der Waals surface area (Å²) in [5, 5.41) is 0. The molecule has 0 aliphatic rings. The molecule has 0 atom stereocenters. The van der Waals surface area contributed by atoms with Gasteiger partial charge in [-0.05, 0) is 18.6 Å². The van der Waals surface area contributed by atoms with Crippen molar-refractivity contribution in [1.82, 2.24) is 4.98 Å². The number of aromatic nitrogens is 1. The van der Waals surface area contributed by atoms with Crippen LogP contribution >= 0.6 is 0 Å². The number of hydrogen-bond donors (Lipinski definition) is 1. The lowest BCUT2D eigenvalue weighted by molar-refractivity contribution is -0.137. The quantitative estimate of drug-likeness (QED) is 0.747. The van der Waals surface area contributed by atoms with Gasteiger partial charge in [-0.3, -0.25) is 0 Å². The topological polar surface area (TPSA) is 38.9 Å². The number of nitrogen functional groups attached to an aromatic ring is 1. The third kappa shape index (κ3) is 2.34. The molecule has 0 aliphatic heterocycles. The van der Waals surface area contributed by atoms with Crippen LogP contribution in [-0.4, -0.2) is 4.98 Å². The van der Waals surface area contributed by atoms with Crippen molar-refractivity contribution in [2.24, 2.45) is 0 Å². The Hall–Kier alpha value is -1.40. The average molecular weight is 226 g/mol. The predicted molar refractivity (Wildman–Crippen MR) is 43.3 cm³/mol. The van der Waals surface area contributed by atoms with Crippen molar-refractivity contribution < 1.29 is 22.0 Å². The van der Waals surface area contributed by atoms with E-state index in [9.17, 15) is 22.0 Å². The Kier molecular flexibility index (Phi) is 2.83. The highest BCUT2D eigenvalue weighted by Crippen LogP contribution is 2.35. The van der Waals surface area contributed by atoms with Crippen LogP contribution in [0.4, 0.5) is 27.8 Å². The van der Waals surface area contributed by atoms with E-state index in [-0.39, 0.29) is 5.56 Å². The van der Waals surface area contributed by atoms with Gasteiger partial charge in [0, 0.05) is 0 Å². The van der Waals surface area contributed by atoms with E-state index >= 15 is 0 Å². The number of pyridine rings is 1. The van der Waals surface area contributed by atoms with Gasteiger partial charge in [-0.2, -0.15) is 13.2 Å². The van der Waals surface area contributed by atoms with Crippen molar-refractivity contribution in [2.45, 2.75) is 19.5 Å². The number of nitrogens with zero attached hydrogens (tertiary/aromatic N) is 1. The molecule has 0 aliphatic carbocycles. The van der Waals surface area contributed by atoms with Gasteiger partial charge < -0.3 is 5.73 Å². The summed E-state index contributed by atoms with van der Waals surface area (Å²) in [5.41, 5.74) is 2.81. The van der Waals surface area contributed by atoms with Gasteiger partial charge in [0.05, 0.1) is 5.56 Å². The average Bonchev–Trinajstić information content (AvgIpc) is 2.06. The van der Waals surface area contributed by atoms with Gasteiger partial charge >= 0.3 is 6.18 Å². The molecule has 0 saturated heterocycles. The zero-order chi connectivity index (χ0) is 11.8. The predicted octanol–water partition coefficient (Wildman–Crippen LogP) is 2.93. The molecule has 2 nitrogen and oxygen atoms in total. The van der Waals surface area contributed by atoms with E-state index in [2.05, 4.69) is 4.98 Å². The second kappa shape index (κ2) is 3.63. The standard InChI is InChI=1S/C8H7F5N2/c1-3-2-4(8(11,12)13)7(14)15-5(3)6(9)10/h2,6H,1H3,(H2,14,15). The molecule has 7 heteroatoms. The fourth-order valence-corrected chi connectivity index (χ4v) is 1.09. The maximum absolute atomic E-state index is 12.3. The molecular weight excluding hydrogens is 219 g/mol. The largest absolute Gasteiger partial charge is 0.419 e. The molecule has 1 aromatic rings. The highest BCUT2D eigenvalue weighted by atomic mass is 19.4. The number of rotatable bonds is 1. The first-order chi connectivity index (χ1) is 6.73. The Bertz CT molecular complexity index is 372. The molecule has 0 saturated carbocycles. The fourth-order valence-electron chi connectivity index (χ4n) is 1.09. The smallest absolute Gasteiger partial charge is 0.383 e. The van der Waals surface area contributed by atoms with Crippen molar-refractivity contribution >= 4 is 5.82 Å². The summed E-state index contributed by atoms with van der Waals surface area (Å²) in [5.74, 6) is -0.927. The maximum Gasteiger partial charge on any atom is 0.419 e. The molecule has 2 N–H and O–H groups in total. The van der Waals surface area contributed by atoms with Crippen LogP contribution in [0.15, 0.2) is 6.07 Å². The van der Waals surface area contributed by atoms with E-state index in [1.165, 1.54) is 0 Å². The van der Waals surface area contributed by atoms with Crippen LogP contribution in [0.2, 0.25) is 0 Å². The van der Waals surface area contributed by atoms with Gasteiger partial charge in [0.1, 0.15) is 11.5 Å². The summed E-state index contributed by atoms with van der Waals surface area (Å²) >= 11 is 0. The molecule has 0 bridgehead atoms. The summed E-state index contributed by atoms with van der Waals surface area (Å²) in [4.78, 5) is 3.05. The monoisotopic (exact) mass is 226 g/mol. The molecule has 1 rings (SSSR count). The number of aryl methyl sites for hydroxylation is 1. The summed E-state index contributed by atoms with van der Waals surface area (Å²) in [7, 11) is 0. The molecule has 0 fully saturated rings. The number of hydrogen-bond acceptors (Lipinski definition) is 2. The van der Waals surface area contributed by atoms with Crippen LogP contribution in [0.3, 0.4) is 0 Å². The number of anilines is 1. The molecule has 0 amide bonds. The van der Waals surface area contributed by atoms with Crippen molar-refractivity contribution in [1.29, 1.82) is 0 Å². The second-order valence-corrected chi connectivity index (χ2v) is 2.92. The first-order valence-corrected chi connectivity index (χ1v) is 3.86. The number of halogens is 5. The summed E-state index contributed by atoms with van der Waals surface area (Å²) in [6, 6.07) is 0.573. The van der Waals surface area contributed by atoms with Gasteiger partial charge in [-0.25, -0.2) is 13.8 Å². The van der Waals surface area contributed by atoms with E-state index in [0.29, 0.717) is 6.07 Å². The highest BCUT2D eigenvalue weighted by molar-refractivity contribution is 5.45. The number of nitrogens with two attached hydrogens (primary N) is 1. The van der Waals surface area contributed by atoms with Gasteiger partial charge in [-0.15, -0.1) is 0 Å². The highest BCUT2D eigenvalue weighted by Gasteiger charge is 2.34. The van der Waals surface area contributed by atoms with Crippen LogP contribution in [0, 0.1) is 6.92 Å². The summed E-state index contributed by atoms with van der Waals surface area (Å²) < 4.78 is 61.2. The molecule has 1 aromatic heterocycles. The van der Waals surface area contributed by atoms with Crippen molar-refractivity contribution in [2.75, 3.05) is 5.73 Å². The van der Waals surface area contributed by atoms with Gasteiger partial charge in [-0.1, -0.05) is 0 Å². The van der Waals surface area contributed by atoms with Crippen LogP contribution in [0.25, 0.3) is 0 Å². The van der Waals surface area contributed by atoms with Crippen molar-refractivity contribution in [3.8, 4) is 0 Å². The maximum atomic E-state index is 12.3. The molecule has 1 heterocycles. The van der Waals surface area contributed by atoms with E-state index in [4.69, 9.17) is 5.73 Å². The van der Waals surface area contributed by atoms with Gasteiger partial charge in [0.25, 0.3) is 6.43 Å². The lowest BCUT2D eigenvalue weighted by Crippen LogP contribution is -2.12. The third-order valence-corrected chi connectivity index (χ3v) is 1.79. The van der Waals surface area contributed by atoms with Gasteiger partial charge in [0.2, 0.25) is 0 Å². The van der Waals surface area contributed by atoms with Crippen LogP contribution < -0.4 is 5.73 Å². The van der Waals surface area contributed by atoms with E-state index in [1.54, 1.807) is 0 Å². The van der Waals surface area contributed by atoms with E-state index in [0.717, 1.165) is 6.92 Å². The van der Waals surface area contributed by atoms with E-state index < -0.39 is 29.7 Å². The minimum Gasteiger partial charge on any atom is -0.383 e. The first-order valence-electron chi connectivity index (χ1n) is 3.86. The fraction of sp³-hybridized carbons (Fsp3) is 0.375. The van der Waals surface area contributed by atoms with Crippen LogP contribution in [0.5, 0.6) is 0 Å². The molecular formula is C8H7F5N2. The van der Waals surface area contributed by atoms with Crippen molar-refractivity contribution in [3.63, 3.8) is 0 Å². The summed E-state index contributed by atoms with van der Waals surface area (Å²) in [6.45, 7) is 1.13. The first kappa shape index (κ1) is 11.7. The minimum atomic E-state index is -4.68.